The van der Waals surface area contributed by atoms with Crippen molar-refractivity contribution in [3.63, 3.8) is 0 Å². The summed E-state index contributed by atoms with van der Waals surface area (Å²) in [6, 6.07) is 16.1. The van der Waals surface area contributed by atoms with E-state index in [1.54, 1.807) is 41.3 Å². The predicted octanol–water partition coefficient (Wildman–Crippen LogP) is 5.97. The number of hydrogen-bond donors (Lipinski definition) is 1. The number of ether oxygens (including phenoxy) is 2. The zero-order valence-electron chi connectivity index (χ0n) is 19.9. The Morgan fingerprint density at radius 1 is 1.00 bits per heavy atom. The maximum atomic E-state index is 14.2. The van der Waals surface area contributed by atoms with Crippen LogP contribution in [0.4, 0.5) is 18.0 Å². The van der Waals surface area contributed by atoms with Crippen LogP contribution in [0.1, 0.15) is 36.9 Å². The fourth-order valence-electron chi connectivity index (χ4n) is 4.55. The van der Waals surface area contributed by atoms with Gasteiger partial charge in [-0.05, 0) is 47.9 Å². The van der Waals surface area contributed by atoms with E-state index in [0.29, 0.717) is 36.1 Å². The molecule has 8 heteroatoms. The summed E-state index contributed by atoms with van der Waals surface area (Å²) < 4.78 is 52.3. The molecule has 0 bridgehead atoms. The van der Waals surface area contributed by atoms with E-state index in [1.165, 1.54) is 24.3 Å². The first kappa shape index (κ1) is 25.7. The number of carbonyl (C=O) groups excluding carboxylic acids is 1. The molecule has 3 aromatic carbocycles. The van der Waals surface area contributed by atoms with Gasteiger partial charge in [0.2, 0.25) is 0 Å². The molecule has 0 spiro atoms. The topological polar surface area (TPSA) is 59.0 Å². The van der Waals surface area contributed by atoms with E-state index in [1.807, 2.05) is 6.92 Å². The smallest absolute Gasteiger partial charge is 0.411 e. The van der Waals surface area contributed by atoms with Crippen LogP contribution in [0.25, 0.3) is 11.1 Å². The lowest BCUT2D eigenvalue weighted by Crippen LogP contribution is -2.49. The summed E-state index contributed by atoms with van der Waals surface area (Å²) in [5.41, 5.74) is 1.44. The maximum absolute atomic E-state index is 14.2. The Balaban J connectivity index is 1.50. The van der Waals surface area contributed by atoms with Gasteiger partial charge in [-0.25, -0.2) is 18.0 Å². The standard InChI is InChI=1S/C28H28F3NO4/c1-19(20-2-4-21(5-3-20)25-11-10-24(30)18-26(25)31)32-14-12-28(36-27(32)34,13-16-35-17-15-33)22-6-8-23(29)9-7-22/h2-11,18-19,33H,12-17H2,1H3/t19-,28-/m0/s1. The molecule has 0 saturated carbocycles. The number of benzene rings is 3. The lowest BCUT2D eigenvalue weighted by Gasteiger charge is -2.43. The second-order valence-electron chi connectivity index (χ2n) is 8.82. The number of aliphatic hydroxyl groups excluding tert-OH is 1. The van der Waals surface area contributed by atoms with Gasteiger partial charge >= 0.3 is 6.09 Å². The van der Waals surface area contributed by atoms with Crippen molar-refractivity contribution in [1.29, 1.82) is 0 Å². The van der Waals surface area contributed by atoms with E-state index < -0.39 is 23.3 Å². The van der Waals surface area contributed by atoms with Crippen molar-refractivity contribution < 1.29 is 32.5 Å². The highest BCUT2D eigenvalue weighted by atomic mass is 19.1. The molecule has 1 N–H and O–H groups in total. The van der Waals surface area contributed by atoms with E-state index in [2.05, 4.69) is 0 Å². The molecule has 0 aliphatic carbocycles. The van der Waals surface area contributed by atoms with Crippen molar-refractivity contribution in [2.45, 2.75) is 31.4 Å². The van der Waals surface area contributed by atoms with Gasteiger partial charge in [0.05, 0.1) is 25.9 Å². The molecule has 1 aliphatic heterocycles. The quantitative estimate of drug-likeness (QED) is 0.369. The number of aliphatic hydroxyl groups is 1. The Kier molecular flexibility index (Phi) is 7.96. The Morgan fingerprint density at radius 2 is 1.69 bits per heavy atom. The third-order valence-corrected chi connectivity index (χ3v) is 6.63. The number of rotatable bonds is 9. The first-order valence-corrected chi connectivity index (χ1v) is 11.8. The maximum Gasteiger partial charge on any atom is 0.411 e. The number of nitrogens with zero attached hydrogens (tertiary/aromatic N) is 1. The van der Waals surface area contributed by atoms with Crippen LogP contribution in [-0.4, -0.2) is 42.5 Å². The Hall–Kier alpha value is -3.36. The molecule has 0 aromatic heterocycles. The Bertz CT molecular complexity index is 1190. The summed E-state index contributed by atoms with van der Waals surface area (Å²) in [5, 5.41) is 8.98. The minimum absolute atomic E-state index is 0.110. The van der Waals surface area contributed by atoms with Gasteiger partial charge in [0.15, 0.2) is 0 Å². The Labute approximate surface area is 208 Å². The fraction of sp³-hybridized carbons (Fsp3) is 0.321. The van der Waals surface area contributed by atoms with Crippen LogP contribution in [0, 0.1) is 17.5 Å². The van der Waals surface area contributed by atoms with Gasteiger partial charge in [0.1, 0.15) is 23.1 Å². The van der Waals surface area contributed by atoms with Crippen molar-refractivity contribution in [3.8, 4) is 11.1 Å². The minimum atomic E-state index is -0.972. The van der Waals surface area contributed by atoms with Crippen LogP contribution in [0.3, 0.4) is 0 Å². The third-order valence-electron chi connectivity index (χ3n) is 6.63. The van der Waals surface area contributed by atoms with Gasteiger partial charge in [0, 0.05) is 31.0 Å². The van der Waals surface area contributed by atoms with Crippen molar-refractivity contribution in [2.75, 3.05) is 26.4 Å². The zero-order chi connectivity index (χ0) is 25.7. The lowest BCUT2D eigenvalue weighted by atomic mass is 9.85. The molecule has 1 fully saturated rings. The highest BCUT2D eigenvalue weighted by molar-refractivity contribution is 5.70. The molecular formula is C28H28F3NO4. The molecule has 36 heavy (non-hydrogen) atoms. The van der Waals surface area contributed by atoms with Crippen LogP contribution < -0.4 is 0 Å². The van der Waals surface area contributed by atoms with Crippen molar-refractivity contribution in [3.05, 3.63) is 95.3 Å². The normalized spacial score (nSPS) is 18.7. The second kappa shape index (κ2) is 11.1. The molecule has 1 aliphatic rings. The number of amides is 1. The first-order chi connectivity index (χ1) is 17.3. The summed E-state index contributed by atoms with van der Waals surface area (Å²) in [5.74, 6) is -1.66. The molecule has 3 aromatic rings. The summed E-state index contributed by atoms with van der Waals surface area (Å²) in [6.45, 7) is 2.60. The molecule has 1 heterocycles. The van der Waals surface area contributed by atoms with Gasteiger partial charge in [-0.1, -0.05) is 36.4 Å². The molecule has 5 nitrogen and oxygen atoms in total. The largest absolute Gasteiger partial charge is 0.438 e. The summed E-state index contributed by atoms with van der Waals surface area (Å²) >= 11 is 0. The van der Waals surface area contributed by atoms with Crippen molar-refractivity contribution in [1.82, 2.24) is 4.90 Å². The van der Waals surface area contributed by atoms with Crippen molar-refractivity contribution in [2.24, 2.45) is 0 Å². The molecule has 4 rings (SSSR count). The van der Waals surface area contributed by atoms with Gasteiger partial charge in [-0.3, -0.25) is 0 Å². The summed E-state index contributed by atoms with van der Waals surface area (Å²) in [7, 11) is 0. The number of cyclic esters (lactones) is 1. The van der Waals surface area contributed by atoms with Gasteiger partial charge in [-0.2, -0.15) is 0 Å². The van der Waals surface area contributed by atoms with Gasteiger partial charge in [-0.15, -0.1) is 0 Å². The van der Waals surface area contributed by atoms with E-state index in [-0.39, 0.29) is 31.7 Å². The van der Waals surface area contributed by atoms with Crippen LogP contribution in [0.15, 0.2) is 66.7 Å². The highest BCUT2D eigenvalue weighted by Gasteiger charge is 2.43. The van der Waals surface area contributed by atoms with E-state index in [4.69, 9.17) is 14.6 Å². The molecule has 190 valence electrons. The molecule has 2 atom stereocenters. The van der Waals surface area contributed by atoms with Crippen LogP contribution in [0.5, 0.6) is 0 Å². The fourth-order valence-corrected chi connectivity index (χ4v) is 4.55. The Morgan fingerprint density at radius 3 is 2.33 bits per heavy atom. The number of hydrogen-bond acceptors (Lipinski definition) is 4. The summed E-state index contributed by atoms with van der Waals surface area (Å²) in [4.78, 5) is 14.8. The van der Waals surface area contributed by atoms with E-state index >= 15 is 0 Å². The third kappa shape index (κ3) is 5.55. The first-order valence-electron chi connectivity index (χ1n) is 11.8. The van der Waals surface area contributed by atoms with E-state index in [9.17, 15) is 18.0 Å². The van der Waals surface area contributed by atoms with Crippen molar-refractivity contribution >= 4 is 6.09 Å². The molecule has 0 radical (unpaired) electrons. The minimum Gasteiger partial charge on any atom is -0.438 e. The van der Waals surface area contributed by atoms with E-state index in [0.717, 1.165) is 11.6 Å². The monoisotopic (exact) mass is 499 g/mol. The SMILES string of the molecule is C[C@@H](c1ccc(-c2ccc(F)cc2F)cc1)N1CC[C@](CCOCCO)(c2ccc(F)cc2)OC1=O. The molecule has 0 unspecified atom stereocenters. The summed E-state index contributed by atoms with van der Waals surface area (Å²) in [6.07, 6.45) is 0.328. The zero-order valence-corrected chi connectivity index (χ0v) is 19.9. The number of carbonyl (C=O) groups is 1. The average Bonchev–Trinajstić information content (AvgIpc) is 2.87. The lowest BCUT2D eigenvalue weighted by molar-refractivity contribution is -0.0779. The van der Waals surface area contributed by atoms with Crippen LogP contribution >= 0.6 is 0 Å². The van der Waals surface area contributed by atoms with Gasteiger partial charge in [0.25, 0.3) is 0 Å². The number of halogens is 3. The van der Waals surface area contributed by atoms with Crippen LogP contribution in [0.2, 0.25) is 0 Å². The van der Waals surface area contributed by atoms with Crippen LogP contribution in [-0.2, 0) is 15.1 Å². The highest BCUT2D eigenvalue weighted by Crippen LogP contribution is 2.40. The molecular weight excluding hydrogens is 471 g/mol. The molecule has 1 amide bonds. The predicted molar refractivity (Wildman–Crippen MR) is 129 cm³/mol. The van der Waals surface area contributed by atoms with Gasteiger partial charge < -0.3 is 19.5 Å². The second-order valence-corrected chi connectivity index (χ2v) is 8.82. The average molecular weight is 500 g/mol. The molecule has 1 saturated heterocycles.